The highest BCUT2D eigenvalue weighted by molar-refractivity contribution is 5.27. The lowest BCUT2D eigenvalue weighted by Crippen LogP contribution is -2.14. The van der Waals surface area contributed by atoms with Crippen LogP contribution in [-0.4, -0.2) is 21.7 Å². The lowest BCUT2D eigenvalue weighted by Gasteiger charge is -2.05. The fourth-order valence-electron chi connectivity index (χ4n) is 1.58. The van der Waals surface area contributed by atoms with Crippen LogP contribution in [0.5, 0.6) is 11.6 Å². The first-order valence-corrected chi connectivity index (χ1v) is 6.13. The molecule has 0 aromatic carbocycles. The molecule has 0 spiro atoms. The van der Waals surface area contributed by atoms with E-state index in [9.17, 15) is 0 Å². The Morgan fingerprint density at radius 1 is 1.39 bits per heavy atom. The third-order valence-electron chi connectivity index (χ3n) is 2.43. The van der Waals surface area contributed by atoms with E-state index in [4.69, 9.17) is 4.74 Å². The first-order chi connectivity index (χ1) is 8.78. The van der Waals surface area contributed by atoms with Crippen molar-refractivity contribution in [1.82, 2.24) is 20.5 Å². The molecule has 0 radical (unpaired) electrons. The molecule has 0 aliphatic heterocycles. The van der Waals surface area contributed by atoms with Gasteiger partial charge < -0.3 is 10.1 Å². The summed E-state index contributed by atoms with van der Waals surface area (Å²) < 4.78 is 5.64. The molecule has 2 aromatic rings. The number of pyridine rings is 1. The average molecular weight is 246 g/mol. The van der Waals surface area contributed by atoms with E-state index in [-0.39, 0.29) is 0 Å². The van der Waals surface area contributed by atoms with Crippen molar-refractivity contribution >= 4 is 0 Å². The van der Waals surface area contributed by atoms with Crippen LogP contribution in [-0.2, 0) is 6.54 Å². The zero-order valence-corrected chi connectivity index (χ0v) is 10.7. The van der Waals surface area contributed by atoms with Crippen molar-refractivity contribution in [2.75, 3.05) is 6.54 Å². The number of aryl methyl sites for hydroxylation is 1. The van der Waals surface area contributed by atoms with Crippen molar-refractivity contribution < 1.29 is 4.74 Å². The highest BCUT2D eigenvalue weighted by atomic mass is 16.5. The van der Waals surface area contributed by atoms with E-state index in [1.165, 1.54) is 0 Å². The van der Waals surface area contributed by atoms with E-state index in [1.54, 1.807) is 6.20 Å². The van der Waals surface area contributed by atoms with Crippen molar-refractivity contribution in [1.29, 1.82) is 0 Å². The number of hydrogen-bond acceptors (Lipinski definition) is 4. The van der Waals surface area contributed by atoms with Gasteiger partial charge in [-0.3, -0.25) is 10.1 Å². The predicted molar refractivity (Wildman–Crippen MR) is 69.6 cm³/mol. The van der Waals surface area contributed by atoms with Crippen LogP contribution in [0.15, 0.2) is 24.4 Å². The summed E-state index contributed by atoms with van der Waals surface area (Å²) in [6.45, 7) is 5.82. The lowest BCUT2D eigenvalue weighted by molar-refractivity contribution is 0.459. The quantitative estimate of drug-likeness (QED) is 0.768. The highest BCUT2D eigenvalue weighted by Gasteiger charge is 2.02. The van der Waals surface area contributed by atoms with Gasteiger partial charge >= 0.3 is 0 Å². The molecule has 2 heterocycles. The zero-order chi connectivity index (χ0) is 12.8. The van der Waals surface area contributed by atoms with E-state index in [2.05, 4.69) is 27.4 Å². The molecule has 5 heteroatoms. The Labute approximate surface area is 107 Å². The fourth-order valence-corrected chi connectivity index (χ4v) is 1.58. The molecule has 0 unspecified atom stereocenters. The molecule has 0 atom stereocenters. The van der Waals surface area contributed by atoms with Crippen LogP contribution >= 0.6 is 0 Å². The van der Waals surface area contributed by atoms with Crippen LogP contribution < -0.4 is 10.1 Å². The predicted octanol–water partition coefficient (Wildman–Crippen LogP) is 2.41. The zero-order valence-electron chi connectivity index (χ0n) is 10.7. The van der Waals surface area contributed by atoms with Crippen molar-refractivity contribution in [3.8, 4) is 11.6 Å². The Hall–Kier alpha value is -1.88. The second kappa shape index (κ2) is 6.16. The molecule has 0 aliphatic carbocycles. The molecule has 2 N–H and O–H groups in total. The van der Waals surface area contributed by atoms with Crippen LogP contribution in [0.4, 0.5) is 0 Å². The Balaban J connectivity index is 1.98. The van der Waals surface area contributed by atoms with E-state index < -0.39 is 0 Å². The standard InChI is InChI=1S/C13H18N4O/c1-3-5-14-9-11-8-12(4-6-15-11)18-13-7-10(2)16-17-13/h4,6-8,14H,3,5,9H2,1-2H3,(H,16,17). The minimum Gasteiger partial charge on any atom is -0.437 e. The number of aromatic nitrogens is 3. The number of H-pyrrole nitrogens is 1. The number of nitrogens with one attached hydrogen (secondary N) is 2. The first-order valence-electron chi connectivity index (χ1n) is 6.13. The van der Waals surface area contributed by atoms with Gasteiger partial charge in [0.15, 0.2) is 0 Å². The Morgan fingerprint density at radius 3 is 3.00 bits per heavy atom. The molecule has 5 nitrogen and oxygen atoms in total. The summed E-state index contributed by atoms with van der Waals surface area (Å²) in [5.41, 5.74) is 1.94. The number of hydrogen-bond donors (Lipinski definition) is 2. The van der Waals surface area contributed by atoms with Crippen molar-refractivity contribution in [2.45, 2.75) is 26.8 Å². The van der Waals surface area contributed by atoms with Crippen molar-refractivity contribution in [3.05, 3.63) is 35.8 Å². The monoisotopic (exact) mass is 246 g/mol. The summed E-state index contributed by atoms with van der Waals surface area (Å²) in [6.07, 6.45) is 2.86. The Kier molecular flexibility index (Phi) is 4.30. The number of nitrogens with zero attached hydrogens (tertiary/aromatic N) is 2. The van der Waals surface area contributed by atoms with E-state index >= 15 is 0 Å². The van der Waals surface area contributed by atoms with E-state index in [0.29, 0.717) is 5.88 Å². The smallest absolute Gasteiger partial charge is 0.238 e. The Bertz CT molecular complexity index is 495. The van der Waals surface area contributed by atoms with Crippen LogP contribution in [0.25, 0.3) is 0 Å². The molecular formula is C13H18N4O. The van der Waals surface area contributed by atoms with Gasteiger partial charge in [0, 0.05) is 30.6 Å². The molecule has 0 amide bonds. The molecule has 0 saturated heterocycles. The van der Waals surface area contributed by atoms with Gasteiger partial charge in [-0.25, -0.2) is 0 Å². The van der Waals surface area contributed by atoms with Crippen LogP contribution in [0.2, 0.25) is 0 Å². The largest absolute Gasteiger partial charge is 0.437 e. The summed E-state index contributed by atoms with van der Waals surface area (Å²) in [4.78, 5) is 4.29. The molecule has 0 fully saturated rings. The topological polar surface area (TPSA) is 62.8 Å². The SMILES string of the molecule is CCCNCc1cc(Oc2cc(C)[nH]n2)ccn1. The van der Waals surface area contributed by atoms with Crippen molar-refractivity contribution in [3.63, 3.8) is 0 Å². The molecule has 2 aromatic heterocycles. The van der Waals surface area contributed by atoms with Gasteiger partial charge in [-0.05, 0) is 26.0 Å². The van der Waals surface area contributed by atoms with E-state index in [0.717, 1.165) is 36.6 Å². The number of ether oxygens (including phenoxy) is 1. The minimum atomic E-state index is 0.575. The van der Waals surface area contributed by atoms with Crippen molar-refractivity contribution in [2.24, 2.45) is 0 Å². The van der Waals surface area contributed by atoms with Gasteiger partial charge in [0.25, 0.3) is 0 Å². The minimum absolute atomic E-state index is 0.575. The average Bonchev–Trinajstić information content (AvgIpc) is 2.76. The van der Waals surface area contributed by atoms with Gasteiger partial charge in [0.1, 0.15) is 5.75 Å². The molecule has 0 saturated carbocycles. The highest BCUT2D eigenvalue weighted by Crippen LogP contribution is 2.19. The lowest BCUT2D eigenvalue weighted by atomic mass is 10.3. The first kappa shape index (κ1) is 12.6. The summed E-state index contributed by atoms with van der Waals surface area (Å²) in [6, 6.07) is 5.61. The number of rotatable bonds is 6. The van der Waals surface area contributed by atoms with Crippen LogP contribution in [0.1, 0.15) is 24.7 Å². The van der Waals surface area contributed by atoms with Gasteiger partial charge in [-0.1, -0.05) is 6.92 Å². The van der Waals surface area contributed by atoms with E-state index in [1.807, 2.05) is 25.1 Å². The second-order valence-electron chi connectivity index (χ2n) is 4.15. The summed E-state index contributed by atoms with van der Waals surface area (Å²) >= 11 is 0. The molecule has 2 rings (SSSR count). The van der Waals surface area contributed by atoms with Gasteiger partial charge in [-0.15, -0.1) is 5.10 Å². The van der Waals surface area contributed by atoms with Crippen LogP contribution in [0.3, 0.4) is 0 Å². The maximum atomic E-state index is 5.64. The Morgan fingerprint density at radius 2 is 2.28 bits per heavy atom. The third kappa shape index (κ3) is 3.56. The maximum absolute atomic E-state index is 5.64. The normalized spacial score (nSPS) is 10.6. The molecule has 0 aliphatic rings. The molecule has 18 heavy (non-hydrogen) atoms. The summed E-state index contributed by atoms with van der Waals surface area (Å²) in [7, 11) is 0. The molecule has 96 valence electrons. The molecule has 0 bridgehead atoms. The fraction of sp³-hybridized carbons (Fsp3) is 0.385. The summed E-state index contributed by atoms with van der Waals surface area (Å²) in [5.74, 6) is 1.33. The van der Waals surface area contributed by atoms with Gasteiger partial charge in [0.05, 0.1) is 5.69 Å². The maximum Gasteiger partial charge on any atom is 0.238 e. The van der Waals surface area contributed by atoms with Crippen LogP contribution in [0, 0.1) is 6.92 Å². The number of aromatic amines is 1. The molecular weight excluding hydrogens is 228 g/mol. The third-order valence-corrected chi connectivity index (χ3v) is 2.43. The van der Waals surface area contributed by atoms with Gasteiger partial charge in [0.2, 0.25) is 5.88 Å². The van der Waals surface area contributed by atoms with Gasteiger partial charge in [-0.2, -0.15) is 0 Å². The summed E-state index contributed by atoms with van der Waals surface area (Å²) in [5, 5.41) is 10.2. The second-order valence-corrected chi connectivity index (χ2v) is 4.15.